The average molecular weight is 1090 g/mol. The summed E-state index contributed by atoms with van der Waals surface area (Å²) in [5.74, 6) is -7.68. The molecule has 0 aromatic heterocycles. The van der Waals surface area contributed by atoms with E-state index in [1.54, 1.807) is 6.07 Å². The first-order valence-corrected chi connectivity index (χ1v) is 24.1. The molecule has 0 aliphatic heterocycles. The van der Waals surface area contributed by atoms with E-state index in [9.17, 15) is 33.6 Å². The first-order chi connectivity index (χ1) is 34.6. The van der Waals surface area contributed by atoms with Gasteiger partial charge in [0.05, 0.1) is 32.7 Å². The summed E-state index contributed by atoms with van der Waals surface area (Å²) >= 11 is 2.15. The van der Waals surface area contributed by atoms with Gasteiger partial charge in [0.25, 0.3) is 17.5 Å². The van der Waals surface area contributed by atoms with E-state index in [0.29, 0.717) is 25.0 Å². The number of primary amides is 2. The van der Waals surface area contributed by atoms with E-state index in [1.165, 1.54) is 0 Å². The van der Waals surface area contributed by atoms with Crippen LogP contribution < -0.4 is 44.6 Å². The number of halogens is 1. The minimum Gasteiger partial charge on any atom is -0.461 e. The molecule has 5 aromatic rings. The topological polar surface area (TPSA) is 323 Å². The summed E-state index contributed by atoms with van der Waals surface area (Å²) in [6.45, 7) is 0.569. The second-order valence-corrected chi connectivity index (χ2v) is 18.0. The van der Waals surface area contributed by atoms with E-state index in [-0.39, 0.29) is 70.0 Å². The predicted molar refractivity (Wildman–Crippen MR) is 274 cm³/mol. The van der Waals surface area contributed by atoms with E-state index in [4.69, 9.17) is 47.6 Å². The Labute approximate surface area is 429 Å². The maximum Gasteiger partial charge on any atom is 0.409 e. The van der Waals surface area contributed by atoms with E-state index in [0.717, 1.165) is 48.1 Å². The molecule has 2 aliphatic rings. The lowest BCUT2D eigenvalue weighted by atomic mass is 9.98. The third-order valence-electron chi connectivity index (χ3n) is 11.8. The largest absolute Gasteiger partial charge is 0.461 e. The molecule has 0 spiro atoms. The van der Waals surface area contributed by atoms with Crippen LogP contribution in [0, 0.1) is 3.57 Å². The molecule has 0 bridgehead atoms. The van der Waals surface area contributed by atoms with Gasteiger partial charge < -0.3 is 46.8 Å². The molecule has 1 unspecified atom stereocenters. The fourth-order valence-corrected chi connectivity index (χ4v) is 8.78. The first-order valence-electron chi connectivity index (χ1n) is 23.0. The number of carbonyl (C=O) groups excluding carboxylic acids is 7. The van der Waals surface area contributed by atoms with Crippen LogP contribution in [0.25, 0.3) is 22.3 Å². The summed E-state index contributed by atoms with van der Waals surface area (Å²) in [6, 6.07) is 38.4. The highest BCUT2D eigenvalue weighted by atomic mass is 125. The number of Topliss-reactive ketones (excluding diaryl/α,β-unsaturated/α-hetero) is 1. The van der Waals surface area contributed by atoms with Crippen molar-refractivity contribution in [2.24, 2.45) is 28.7 Å². The average Bonchev–Trinajstić information content (AvgIpc) is 3.86. The summed E-state index contributed by atoms with van der Waals surface area (Å²) < 4.78 is 22.9. The molecule has 20 heteroatoms. The Balaban J connectivity index is 0.000000298. The summed E-state index contributed by atoms with van der Waals surface area (Å²) in [6.07, 6.45) is -0.510. The zero-order valence-electron chi connectivity index (χ0n) is 39.2. The van der Waals surface area contributed by atoms with Crippen molar-refractivity contribution in [3.63, 3.8) is 0 Å². The number of esters is 1. The molecule has 13 N–H and O–H groups in total. The number of ketones is 1. The van der Waals surface area contributed by atoms with Gasteiger partial charge in [-0.3, -0.25) is 40.8 Å². The molecule has 0 saturated heterocycles. The van der Waals surface area contributed by atoms with Crippen LogP contribution in [0.4, 0.5) is 4.79 Å². The Morgan fingerprint density at radius 2 is 1.01 bits per heavy atom. The van der Waals surface area contributed by atoms with Crippen molar-refractivity contribution in [1.82, 2.24) is 16.0 Å². The quantitative estimate of drug-likeness (QED) is 0.0116. The van der Waals surface area contributed by atoms with Crippen molar-refractivity contribution < 1.29 is 52.5 Å². The van der Waals surface area contributed by atoms with Crippen molar-refractivity contribution in [3.8, 4) is 22.3 Å². The van der Waals surface area contributed by atoms with E-state index < -0.39 is 47.1 Å². The van der Waals surface area contributed by atoms with Crippen LogP contribution in [0.2, 0.25) is 0 Å². The number of fused-ring (bicyclic) bond motifs is 6. The predicted octanol–water partition coefficient (Wildman–Crippen LogP) is 3.38. The Morgan fingerprint density at radius 3 is 1.49 bits per heavy atom. The third-order valence-corrected chi connectivity index (χ3v) is 12.5. The van der Waals surface area contributed by atoms with Crippen LogP contribution in [-0.2, 0) is 42.9 Å². The summed E-state index contributed by atoms with van der Waals surface area (Å²) in [7, 11) is 0. The number of rotatable bonds is 23. The number of carbonyl (C=O) groups is 7. The third kappa shape index (κ3) is 13.7. The normalized spacial score (nSPS) is 13.1. The summed E-state index contributed by atoms with van der Waals surface area (Å²) in [4.78, 5) is 87.7. The zero-order valence-corrected chi connectivity index (χ0v) is 41.4. The number of hydrogen-bond acceptors (Lipinski definition) is 14. The van der Waals surface area contributed by atoms with Gasteiger partial charge in [-0.1, -0.05) is 109 Å². The number of nitrogens with two attached hydrogens (primary N) is 5. The maximum atomic E-state index is 13.9. The van der Waals surface area contributed by atoms with Gasteiger partial charge >= 0.3 is 12.1 Å². The molecular weight excluding hydrogens is 1040 g/mol. The fraction of sp³-hybridized carbons (Fsp3) is 0.288. The lowest BCUT2D eigenvalue weighted by Crippen LogP contribution is -2.72. The zero-order chi connectivity index (χ0) is 51.8. The number of ether oxygens (including phenoxy) is 4. The SMILES string of the molecule is NC(=O)C(N)(N)NC(=O)CCOCCCC(=O)c1cccc([125I])c1.NCCOCCC(=O)NC(NC(=O)OCC1c2ccccc2-c2ccccc21)(C(N)=O)C(=O)OCC1c2ccccc2-c2ccccc21. The molecule has 5 amide bonds. The van der Waals surface area contributed by atoms with Crippen LogP contribution in [0.1, 0.15) is 70.1 Å². The minimum atomic E-state index is -2.77. The fourth-order valence-electron chi connectivity index (χ4n) is 8.24. The lowest BCUT2D eigenvalue weighted by Gasteiger charge is -2.30. The molecule has 72 heavy (non-hydrogen) atoms. The summed E-state index contributed by atoms with van der Waals surface area (Å²) in [5, 5.41) is 6.64. The van der Waals surface area contributed by atoms with Crippen molar-refractivity contribution >= 4 is 64.1 Å². The minimum absolute atomic E-state index is 0.0196. The number of alkyl carbamates (subject to hydrolysis) is 1. The standard InChI is InChI=1S/C37H36N4O7.C15H21IN4O4/c38-18-20-46-19-17-33(42)40-37(34(39)43,35(44)47-21-31-27-13-5-1-9-23(27)24-10-2-6-14-28(24)31)41-36(45)48-22-32-29-15-7-3-11-25(29)26-12-4-8-16-30(26)32;16-11-4-1-3-10(9-11)12(21)5-2-7-24-8-6-13(22)20-15(18,19)14(17)23/h1-16,31-32H,17-22,38H2,(H2,39,43)(H,40,42)(H,41,45);1,3-4,9H,2,5-8,18-19H2,(H2,17,23)(H,20,22)/i;16-2. The van der Waals surface area contributed by atoms with Crippen molar-refractivity contribution in [2.45, 2.75) is 49.0 Å². The highest BCUT2D eigenvalue weighted by Gasteiger charge is 2.50. The van der Waals surface area contributed by atoms with Crippen LogP contribution in [0.5, 0.6) is 0 Å². The molecule has 0 heterocycles. The lowest BCUT2D eigenvalue weighted by molar-refractivity contribution is -0.160. The van der Waals surface area contributed by atoms with Gasteiger partial charge in [-0.05, 0) is 85.7 Å². The van der Waals surface area contributed by atoms with Crippen molar-refractivity contribution in [3.05, 3.63) is 153 Å². The Hall–Kier alpha value is -7.08. The van der Waals surface area contributed by atoms with Crippen molar-refractivity contribution in [2.75, 3.05) is 46.2 Å². The Morgan fingerprint density at radius 1 is 0.542 bits per heavy atom. The van der Waals surface area contributed by atoms with Crippen LogP contribution in [0.15, 0.2) is 121 Å². The molecule has 2 aliphatic carbocycles. The summed E-state index contributed by atoms with van der Waals surface area (Å²) in [5.41, 5.74) is 32.5. The van der Waals surface area contributed by atoms with Gasteiger partial charge in [-0.25, -0.2) is 9.59 Å². The molecular formula is C52H57IN8O11. The van der Waals surface area contributed by atoms with Gasteiger partial charge in [0, 0.05) is 40.5 Å². The Kier molecular flexibility index (Phi) is 19.1. The van der Waals surface area contributed by atoms with Gasteiger partial charge in [0.2, 0.25) is 17.6 Å². The molecule has 0 radical (unpaired) electrons. The van der Waals surface area contributed by atoms with Gasteiger partial charge in [0.1, 0.15) is 13.2 Å². The highest BCUT2D eigenvalue weighted by molar-refractivity contribution is 14.1. The molecule has 5 aromatic carbocycles. The number of benzene rings is 5. The maximum absolute atomic E-state index is 13.9. The number of nitrogens with one attached hydrogen (secondary N) is 3. The van der Waals surface area contributed by atoms with Crippen LogP contribution in [-0.4, -0.2) is 99.1 Å². The van der Waals surface area contributed by atoms with Gasteiger partial charge in [-0.15, -0.1) is 0 Å². The van der Waals surface area contributed by atoms with E-state index in [2.05, 4.69) is 38.5 Å². The van der Waals surface area contributed by atoms with Crippen molar-refractivity contribution in [1.29, 1.82) is 0 Å². The number of amides is 5. The van der Waals surface area contributed by atoms with E-state index in [1.807, 2.05) is 115 Å². The number of hydrogen-bond donors (Lipinski definition) is 8. The molecule has 7 rings (SSSR count). The Bertz CT molecular complexity index is 2700. The molecule has 0 saturated carbocycles. The first kappa shape index (κ1) is 54.3. The smallest absolute Gasteiger partial charge is 0.409 e. The molecule has 19 nitrogen and oxygen atoms in total. The van der Waals surface area contributed by atoms with Gasteiger partial charge in [0.15, 0.2) is 5.78 Å². The second kappa shape index (κ2) is 25.3. The van der Waals surface area contributed by atoms with Crippen LogP contribution >= 0.6 is 22.6 Å². The highest BCUT2D eigenvalue weighted by Crippen LogP contribution is 2.46. The van der Waals surface area contributed by atoms with E-state index >= 15 is 0 Å². The van der Waals surface area contributed by atoms with Crippen LogP contribution in [0.3, 0.4) is 0 Å². The second-order valence-electron chi connectivity index (χ2n) is 16.8. The molecule has 1 atom stereocenters. The molecule has 0 fully saturated rings. The monoisotopic (exact) mass is 1090 g/mol. The van der Waals surface area contributed by atoms with Gasteiger partial charge in [-0.2, -0.15) is 0 Å². The molecule has 378 valence electrons.